The molecule has 29 heavy (non-hydrogen) atoms. The molecule has 0 amide bonds. The molecule has 3 aromatic rings. The highest BCUT2D eigenvalue weighted by Gasteiger charge is 2.32. The highest BCUT2D eigenvalue weighted by molar-refractivity contribution is 6.12. The molecule has 5 heteroatoms. The van der Waals surface area contributed by atoms with E-state index in [0.717, 1.165) is 16.9 Å². The number of allylic oxidation sites excluding steroid dienone is 4. The van der Waals surface area contributed by atoms with Crippen molar-refractivity contribution in [2.24, 2.45) is 18.0 Å². The lowest BCUT2D eigenvalue weighted by Crippen LogP contribution is -2.22. The number of aliphatic imine (C=N–C) groups is 1. The zero-order valence-electron chi connectivity index (χ0n) is 16.7. The first kappa shape index (κ1) is 16.7. The van der Waals surface area contributed by atoms with E-state index < -0.39 is 0 Å². The van der Waals surface area contributed by atoms with Crippen LogP contribution in [0.3, 0.4) is 0 Å². The Labute approximate surface area is 169 Å². The van der Waals surface area contributed by atoms with E-state index in [9.17, 15) is 0 Å². The molecule has 3 aliphatic rings. The quantitative estimate of drug-likeness (QED) is 0.658. The molecule has 1 fully saturated rings. The molecule has 0 saturated heterocycles. The summed E-state index contributed by atoms with van der Waals surface area (Å²) >= 11 is 0. The van der Waals surface area contributed by atoms with Crippen LogP contribution in [0.4, 0.5) is 0 Å². The van der Waals surface area contributed by atoms with Crippen LogP contribution in [0.25, 0.3) is 27.7 Å². The van der Waals surface area contributed by atoms with Gasteiger partial charge in [-0.25, -0.2) is 4.98 Å². The van der Waals surface area contributed by atoms with Gasteiger partial charge in [0, 0.05) is 42.6 Å². The van der Waals surface area contributed by atoms with E-state index in [1.807, 2.05) is 24.1 Å². The van der Waals surface area contributed by atoms with Crippen LogP contribution in [0.5, 0.6) is 0 Å². The van der Waals surface area contributed by atoms with Crippen LogP contribution in [0, 0.1) is 5.92 Å². The third-order valence-electron chi connectivity index (χ3n) is 6.21. The molecule has 2 unspecified atom stereocenters. The van der Waals surface area contributed by atoms with Crippen molar-refractivity contribution in [3.05, 3.63) is 66.3 Å². The third-order valence-corrected chi connectivity index (χ3v) is 6.21. The van der Waals surface area contributed by atoms with E-state index in [1.165, 1.54) is 35.1 Å². The van der Waals surface area contributed by atoms with E-state index in [1.54, 1.807) is 0 Å². The number of aryl methyl sites for hydroxylation is 1. The Kier molecular flexibility index (Phi) is 3.54. The summed E-state index contributed by atoms with van der Waals surface area (Å²) in [6.45, 7) is 2.19. The summed E-state index contributed by atoms with van der Waals surface area (Å²) < 4.78 is 4.29. The Morgan fingerprint density at radius 2 is 2.00 bits per heavy atom. The molecule has 1 aromatic carbocycles. The third kappa shape index (κ3) is 2.64. The fourth-order valence-corrected chi connectivity index (χ4v) is 4.53. The molecular formula is C24H23N5. The van der Waals surface area contributed by atoms with Gasteiger partial charge in [-0.15, -0.1) is 0 Å². The van der Waals surface area contributed by atoms with Crippen molar-refractivity contribution in [1.29, 1.82) is 0 Å². The summed E-state index contributed by atoms with van der Waals surface area (Å²) in [6.07, 6.45) is 17.2. The number of dihydropyridines is 1. The number of nitrogens with zero attached hydrogens (tertiary/aromatic N) is 5. The lowest BCUT2D eigenvalue weighted by molar-refractivity contribution is 0.612. The van der Waals surface area contributed by atoms with E-state index in [4.69, 9.17) is 9.98 Å². The standard InChI is InChI=1S/C24H23N5/c1-15-19-5-3-4-6-20(19)21(13-25-15)24-27-22-10-7-16(17-12-26-28(2)14-17)11-23(22)29(24)18-8-9-18/h3-7,10-15,18-19H,8-9H2,1-2H3. The number of imidazole rings is 1. The second kappa shape index (κ2) is 6.14. The molecule has 2 atom stereocenters. The molecule has 3 heterocycles. The molecule has 6 rings (SSSR count). The molecule has 144 valence electrons. The van der Waals surface area contributed by atoms with Crippen molar-refractivity contribution in [1.82, 2.24) is 19.3 Å². The van der Waals surface area contributed by atoms with Gasteiger partial charge in [-0.1, -0.05) is 30.4 Å². The summed E-state index contributed by atoms with van der Waals surface area (Å²) in [4.78, 5) is 9.89. The predicted molar refractivity (Wildman–Crippen MR) is 117 cm³/mol. The normalized spacial score (nSPS) is 23.2. The van der Waals surface area contributed by atoms with Crippen LogP contribution < -0.4 is 0 Å². The van der Waals surface area contributed by atoms with Crippen molar-refractivity contribution in [3.8, 4) is 11.1 Å². The van der Waals surface area contributed by atoms with Crippen LogP contribution in [0.1, 0.15) is 31.6 Å². The van der Waals surface area contributed by atoms with Crippen molar-refractivity contribution in [2.75, 3.05) is 0 Å². The van der Waals surface area contributed by atoms with Crippen molar-refractivity contribution >= 4 is 22.8 Å². The summed E-state index contributed by atoms with van der Waals surface area (Å²) in [5.74, 6) is 1.39. The minimum absolute atomic E-state index is 0.269. The maximum atomic E-state index is 5.09. The van der Waals surface area contributed by atoms with Crippen LogP contribution in [0.15, 0.2) is 65.5 Å². The van der Waals surface area contributed by atoms with Crippen molar-refractivity contribution in [3.63, 3.8) is 0 Å². The topological polar surface area (TPSA) is 48.0 Å². The second-order valence-electron chi connectivity index (χ2n) is 8.30. The van der Waals surface area contributed by atoms with Crippen LogP contribution in [0.2, 0.25) is 0 Å². The van der Waals surface area contributed by atoms with Crippen LogP contribution >= 0.6 is 0 Å². The van der Waals surface area contributed by atoms with E-state index in [0.29, 0.717) is 12.0 Å². The van der Waals surface area contributed by atoms with E-state index >= 15 is 0 Å². The summed E-state index contributed by atoms with van der Waals surface area (Å²) in [6, 6.07) is 7.35. The molecule has 0 bridgehead atoms. The fourth-order valence-electron chi connectivity index (χ4n) is 4.53. The maximum absolute atomic E-state index is 5.09. The molecule has 1 aliphatic heterocycles. The van der Waals surface area contributed by atoms with Crippen LogP contribution in [-0.2, 0) is 7.05 Å². The monoisotopic (exact) mass is 381 g/mol. The van der Waals surface area contributed by atoms with Gasteiger partial charge in [0.15, 0.2) is 0 Å². The molecule has 5 nitrogen and oxygen atoms in total. The van der Waals surface area contributed by atoms with Gasteiger partial charge < -0.3 is 4.57 Å². The average Bonchev–Trinajstić information content (AvgIpc) is 3.37. The molecule has 0 N–H and O–H groups in total. The molecular weight excluding hydrogens is 358 g/mol. The summed E-state index contributed by atoms with van der Waals surface area (Å²) in [7, 11) is 1.95. The molecule has 1 saturated carbocycles. The highest BCUT2D eigenvalue weighted by atomic mass is 15.2. The first-order valence-electron chi connectivity index (χ1n) is 10.3. The summed E-state index contributed by atoms with van der Waals surface area (Å²) in [5.41, 5.74) is 7.07. The Morgan fingerprint density at radius 3 is 2.79 bits per heavy atom. The summed E-state index contributed by atoms with van der Waals surface area (Å²) in [5, 5.41) is 4.33. The Morgan fingerprint density at radius 1 is 1.10 bits per heavy atom. The number of aromatic nitrogens is 4. The fraction of sp³-hybridized carbons (Fsp3) is 0.292. The van der Waals surface area contributed by atoms with Crippen molar-refractivity contribution in [2.45, 2.75) is 31.8 Å². The predicted octanol–water partition coefficient (Wildman–Crippen LogP) is 4.74. The number of hydrogen-bond acceptors (Lipinski definition) is 3. The van der Waals surface area contributed by atoms with Gasteiger partial charge in [-0.2, -0.15) is 5.10 Å². The van der Waals surface area contributed by atoms with Gasteiger partial charge in [0.1, 0.15) is 5.82 Å². The number of hydrogen-bond donors (Lipinski definition) is 0. The van der Waals surface area contributed by atoms with Crippen LogP contribution in [-0.4, -0.2) is 31.6 Å². The Balaban J connectivity index is 1.56. The first-order valence-corrected chi connectivity index (χ1v) is 10.3. The number of benzene rings is 1. The molecule has 2 aromatic heterocycles. The zero-order chi connectivity index (χ0) is 19.5. The zero-order valence-corrected chi connectivity index (χ0v) is 16.7. The molecule has 0 spiro atoms. The van der Waals surface area contributed by atoms with Gasteiger partial charge in [-0.3, -0.25) is 9.67 Å². The number of rotatable bonds is 3. The Bertz CT molecular complexity index is 1250. The van der Waals surface area contributed by atoms with Gasteiger partial charge in [-0.05, 0) is 43.0 Å². The second-order valence-corrected chi connectivity index (χ2v) is 8.30. The average molecular weight is 381 g/mol. The SMILES string of the molecule is CC1N=CC(c2nc3ccc(-c4cnn(C)c4)cc3n2C2CC2)=C2C=CC=CC21. The largest absolute Gasteiger partial charge is 0.321 e. The maximum Gasteiger partial charge on any atom is 0.143 e. The van der Waals surface area contributed by atoms with Gasteiger partial charge in [0.2, 0.25) is 0 Å². The molecule has 0 radical (unpaired) electrons. The minimum atomic E-state index is 0.269. The highest BCUT2D eigenvalue weighted by Crippen LogP contribution is 2.43. The van der Waals surface area contributed by atoms with E-state index in [2.05, 4.69) is 65.3 Å². The lowest BCUT2D eigenvalue weighted by atomic mass is 9.84. The minimum Gasteiger partial charge on any atom is -0.321 e. The van der Waals surface area contributed by atoms with Crippen molar-refractivity contribution < 1.29 is 0 Å². The molecule has 2 aliphatic carbocycles. The smallest absolute Gasteiger partial charge is 0.143 e. The van der Waals surface area contributed by atoms with Gasteiger partial charge in [0.25, 0.3) is 0 Å². The van der Waals surface area contributed by atoms with E-state index in [-0.39, 0.29) is 6.04 Å². The lowest BCUT2D eigenvalue weighted by Gasteiger charge is -2.27. The Hall–Kier alpha value is -3.21. The van der Waals surface area contributed by atoms with Gasteiger partial charge >= 0.3 is 0 Å². The number of fused-ring (bicyclic) bond motifs is 2. The first-order chi connectivity index (χ1) is 14.2. The van der Waals surface area contributed by atoms with Gasteiger partial charge in [0.05, 0.1) is 23.3 Å².